The van der Waals surface area contributed by atoms with E-state index in [4.69, 9.17) is 4.74 Å². The fourth-order valence-electron chi connectivity index (χ4n) is 5.81. The van der Waals surface area contributed by atoms with Crippen molar-refractivity contribution < 1.29 is 9.53 Å². The van der Waals surface area contributed by atoms with Gasteiger partial charge in [0.1, 0.15) is 12.9 Å². The molecule has 6 rings (SSSR count). The van der Waals surface area contributed by atoms with Crippen LogP contribution in [-0.4, -0.2) is 6.29 Å². The van der Waals surface area contributed by atoms with Crippen molar-refractivity contribution in [3.05, 3.63) is 155 Å². The second-order valence-corrected chi connectivity index (χ2v) is 10.8. The Hall–Kier alpha value is -5.15. The molecule has 3 heteroatoms. The number of fused-ring (bicyclic) bond motifs is 2. The van der Waals surface area contributed by atoms with Gasteiger partial charge in [-0.3, -0.25) is 4.79 Å². The molecule has 0 aromatic heterocycles. The number of anilines is 3. The Morgan fingerprint density at radius 3 is 2.02 bits per heavy atom. The summed E-state index contributed by atoms with van der Waals surface area (Å²) in [6.45, 7) is 6.86. The highest BCUT2D eigenvalue weighted by atomic mass is 16.5. The van der Waals surface area contributed by atoms with Gasteiger partial charge in [-0.2, -0.15) is 0 Å². The van der Waals surface area contributed by atoms with Gasteiger partial charge in [0, 0.05) is 22.5 Å². The van der Waals surface area contributed by atoms with Crippen LogP contribution in [0.3, 0.4) is 0 Å². The molecule has 0 fully saturated rings. The van der Waals surface area contributed by atoms with E-state index in [1.165, 1.54) is 27.8 Å². The molecule has 0 unspecified atom stereocenters. The van der Waals surface area contributed by atoms with Crippen LogP contribution in [0.2, 0.25) is 0 Å². The van der Waals surface area contributed by atoms with Crippen molar-refractivity contribution in [1.29, 1.82) is 0 Å². The molecule has 0 saturated heterocycles. The molecule has 0 amide bonds. The molecule has 0 radical (unpaired) electrons. The van der Waals surface area contributed by atoms with Crippen LogP contribution >= 0.6 is 0 Å². The first kappa shape index (κ1) is 27.0. The van der Waals surface area contributed by atoms with Gasteiger partial charge < -0.3 is 9.64 Å². The van der Waals surface area contributed by atoms with Gasteiger partial charge >= 0.3 is 0 Å². The zero-order chi connectivity index (χ0) is 29.1. The van der Waals surface area contributed by atoms with Crippen LogP contribution in [0.5, 0.6) is 0 Å². The van der Waals surface area contributed by atoms with Crippen molar-refractivity contribution in [2.45, 2.75) is 27.4 Å². The smallest absolute Gasteiger partial charge is 0.150 e. The third kappa shape index (κ3) is 5.55. The molecule has 42 heavy (non-hydrogen) atoms. The lowest BCUT2D eigenvalue weighted by atomic mass is 10.0. The van der Waals surface area contributed by atoms with E-state index < -0.39 is 0 Å². The highest BCUT2D eigenvalue weighted by Gasteiger charge is 2.17. The van der Waals surface area contributed by atoms with Gasteiger partial charge in [0.25, 0.3) is 0 Å². The Balaban J connectivity index is 1.25. The summed E-state index contributed by atoms with van der Waals surface area (Å²) in [5.41, 5.74) is 9.82. The SMILES string of the molecule is Cc1cc(C)c(N(c2ccccc2)c2ccc3cc(C=COCc4cc5ccccc5cc4C=O)ccc3c2)c(C)c1. The number of aryl methyl sites for hydroxylation is 3. The maximum atomic E-state index is 11.6. The van der Waals surface area contributed by atoms with Crippen molar-refractivity contribution in [3.63, 3.8) is 0 Å². The number of hydrogen-bond donors (Lipinski definition) is 0. The molecule has 0 aliphatic carbocycles. The van der Waals surface area contributed by atoms with Gasteiger partial charge in [0.05, 0.1) is 11.9 Å². The molecule has 6 aromatic carbocycles. The van der Waals surface area contributed by atoms with Gasteiger partial charge in [0.15, 0.2) is 0 Å². The number of nitrogens with zero attached hydrogens (tertiary/aromatic N) is 1. The fraction of sp³-hybridized carbons (Fsp3) is 0.103. The van der Waals surface area contributed by atoms with Crippen molar-refractivity contribution in [2.75, 3.05) is 4.90 Å². The average molecular weight is 548 g/mol. The summed E-state index contributed by atoms with van der Waals surface area (Å²) in [6.07, 6.45) is 4.57. The maximum Gasteiger partial charge on any atom is 0.150 e. The zero-order valence-corrected chi connectivity index (χ0v) is 24.2. The minimum absolute atomic E-state index is 0.333. The second-order valence-electron chi connectivity index (χ2n) is 10.8. The Labute approximate surface area is 247 Å². The minimum atomic E-state index is 0.333. The summed E-state index contributed by atoms with van der Waals surface area (Å²) >= 11 is 0. The highest BCUT2D eigenvalue weighted by molar-refractivity contribution is 5.92. The molecule has 0 heterocycles. The predicted octanol–water partition coefficient (Wildman–Crippen LogP) is 10.4. The molecule has 0 N–H and O–H groups in total. The van der Waals surface area contributed by atoms with E-state index in [0.29, 0.717) is 12.2 Å². The van der Waals surface area contributed by atoms with Gasteiger partial charge in [-0.05, 0) is 108 Å². The van der Waals surface area contributed by atoms with Gasteiger partial charge in [-0.25, -0.2) is 0 Å². The van der Waals surface area contributed by atoms with E-state index in [1.807, 2.05) is 42.5 Å². The lowest BCUT2D eigenvalue weighted by molar-refractivity contribution is 0.112. The van der Waals surface area contributed by atoms with E-state index >= 15 is 0 Å². The van der Waals surface area contributed by atoms with Crippen LogP contribution in [0.25, 0.3) is 27.6 Å². The third-order valence-corrected chi connectivity index (χ3v) is 7.71. The molecule has 0 aliphatic heterocycles. The second kappa shape index (κ2) is 11.8. The number of carbonyl (C=O) groups is 1. The molecule has 0 spiro atoms. The standard InChI is InChI=1S/C39H33NO2/c1-27-19-28(2)39(29(3)20-27)40(37-11-5-4-6-12-37)38-16-15-33-21-30(13-14-34(33)24-38)17-18-42-26-36-23-32-10-8-7-9-31(32)22-35(36)25-41/h4-25H,26H2,1-3H3. The zero-order valence-electron chi connectivity index (χ0n) is 24.2. The fourth-order valence-corrected chi connectivity index (χ4v) is 5.81. The first-order chi connectivity index (χ1) is 20.5. The molecule has 0 aliphatic rings. The summed E-state index contributed by atoms with van der Waals surface area (Å²) < 4.78 is 5.86. The summed E-state index contributed by atoms with van der Waals surface area (Å²) in [6, 6.07) is 40.1. The van der Waals surface area contributed by atoms with E-state index in [2.05, 4.69) is 105 Å². The van der Waals surface area contributed by atoms with Gasteiger partial charge in [0.2, 0.25) is 0 Å². The van der Waals surface area contributed by atoms with Crippen molar-refractivity contribution in [2.24, 2.45) is 0 Å². The first-order valence-electron chi connectivity index (χ1n) is 14.2. The Kier molecular flexibility index (Phi) is 7.57. The van der Waals surface area contributed by atoms with E-state index in [9.17, 15) is 4.79 Å². The third-order valence-electron chi connectivity index (χ3n) is 7.71. The topological polar surface area (TPSA) is 29.5 Å². The summed E-state index contributed by atoms with van der Waals surface area (Å²) in [5.74, 6) is 0. The number of aldehydes is 1. The molecule has 3 nitrogen and oxygen atoms in total. The van der Waals surface area contributed by atoms with E-state index in [1.54, 1.807) is 6.26 Å². The lowest BCUT2D eigenvalue weighted by Crippen LogP contribution is -2.13. The molecule has 6 aromatic rings. The van der Waals surface area contributed by atoms with Gasteiger partial charge in [-0.15, -0.1) is 0 Å². The summed E-state index contributed by atoms with van der Waals surface area (Å²) in [4.78, 5) is 14.0. The van der Waals surface area contributed by atoms with Crippen molar-refractivity contribution in [3.8, 4) is 0 Å². The normalized spacial score (nSPS) is 11.3. The molecular formula is C39H33NO2. The maximum absolute atomic E-state index is 11.6. The lowest BCUT2D eigenvalue weighted by Gasteiger charge is -2.29. The van der Waals surface area contributed by atoms with Crippen LogP contribution in [0.15, 0.2) is 122 Å². The van der Waals surface area contributed by atoms with Crippen LogP contribution in [0.1, 0.15) is 38.2 Å². The van der Waals surface area contributed by atoms with Gasteiger partial charge in [-0.1, -0.05) is 78.4 Å². The number of benzene rings is 6. The Morgan fingerprint density at radius 2 is 1.29 bits per heavy atom. The Bertz CT molecular complexity index is 1920. The van der Waals surface area contributed by atoms with Crippen molar-refractivity contribution in [1.82, 2.24) is 0 Å². The van der Waals surface area contributed by atoms with Crippen molar-refractivity contribution >= 4 is 51.0 Å². The average Bonchev–Trinajstić information content (AvgIpc) is 3.00. The molecule has 0 saturated carbocycles. The number of hydrogen-bond acceptors (Lipinski definition) is 3. The van der Waals surface area contributed by atoms with E-state index in [0.717, 1.165) is 44.9 Å². The van der Waals surface area contributed by atoms with Crippen LogP contribution in [0, 0.1) is 20.8 Å². The van der Waals surface area contributed by atoms with E-state index in [-0.39, 0.29) is 0 Å². The number of carbonyl (C=O) groups excluding carboxylic acids is 1. The predicted molar refractivity (Wildman–Crippen MR) is 176 cm³/mol. The summed E-state index contributed by atoms with van der Waals surface area (Å²) in [7, 11) is 0. The number of para-hydroxylation sites is 1. The Morgan fingerprint density at radius 1 is 0.643 bits per heavy atom. The quantitative estimate of drug-likeness (QED) is 0.140. The first-order valence-corrected chi connectivity index (χ1v) is 14.2. The summed E-state index contributed by atoms with van der Waals surface area (Å²) in [5, 5.41) is 4.47. The number of rotatable bonds is 8. The minimum Gasteiger partial charge on any atom is -0.496 e. The largest absolute Gasteiger partial charge is 0.496 e. The number of ether oxygens (including phenoxy) is 1. The molecule has 0 bridgehead atoms. The van der Waals surface area contributed by atoms with Crippen LogP contribution in [0.4, 0.5) is 17.1 Å². The molecular weight excluding hydrogens is 514 g/mol. The van der Waals surface area contributed by atoms with Crippen LogP contribution < -0.4 is 4.90 Å². The molecule has 0 atom stereocenters. The van der Waals surface area contributed by atoms with Crippen LogP contribution in [-0.2, 0) is 11.3 Å². The highest BCUT2D eigenvalue weighted by Crippen LogP contribution is 2.40. The molecule has 206 valence electrons. The monoisotopic (exact) mass is 547 g/mol.